The number of hydrogen-bond donors (Lipinski definition) is 3. The minimum atomic E-state index is -1.02. The Morgan fingerprint density at radius 1 is 1.29 bits per heavy atom. The Labute approximate surface area is 121 Å². The normalized spacial score (nSPS) is 10.2. The van der Waals surface area contributed by atoms with Gasteiger partial charge in [0.2, 0.25) is 5.91 Å². The molecule has 0 unspecified atom stereocenters. The van der Waals surface area contributed by atoms with Crippen molar-refractivity contribution >= 4 is 23.3 Å². The highest BCUT2D eigenvalue weighted by atomic mass is 16.4. The molecule has 0 spiro atoms. The molecule has 0 radical (unpaired) electrons. The Kier molecular flexibility index (Phi) is 4.27. The smallest absolute Gasteiger partial charge is 0.338 e. The second kappa shape index (κ2) is 6.13. The highest BCUT2D eigenvalue weighted by molar-refractivity contribution is 5.90. The first-order valence-corrected chi connectivity index (χ1v) is 6.38. The van der Waals surface area contributed by atoms with Crippen LogP contribution in [0.3, 0.4) is 0 Å². The molecule has 2 aromatic rings. The van der Waals surface area contributed by atoms with Crippen LogP contribution < -0.4 is 10.6 Å². The number of carbonyl (C=O) groups excluding carboxylic acids is 1. The molecule has 1 aromatic carbocycles. The topological polar surface area (TPSA) is 91.6 Å². The molecular formula is C15H16N2O4. The second-order valence-corrected chi connectivity index (χ2v) is 4.67. The molecule has 1 amide bonds. The van der Waals surface area contributed by atoms with Gasteiger partial charge in [-0.15, -0.1) is 0 Å². The highest BCUT2D eigenvalue weighted by Crippen LogP contribution is 2.21. The van der Waals surface area contributed by atoms with Gasteiger partial charge in [-0.25, -0.2) is 4.79 Å². The number of carbonyl (C=O) groups is 2. The lowest BCUT2D eigenvalue weighted by atomic mass is 10.1. The minimum absolute atomic E-state index is 0.120. The van der Waals surface area contributed by atoms with Crippen LogP contribution in [0.4, 0.5) is 11.4 Å². The Hall–Kier alpha value is -2.76. The summed E-state index contributed by atoms with van der Waals surface area (Å²) in [7, 11) is 0. The van der Waals surface area contributed by atoms with Crippen LogP contribution in [0.1, 0.15) is 28.6 Å². The fourth-order valence-electron chi connectivity index (χ4n) is 1.83. The van der Waals surface area contributed by atoms with Gasteiger partial charge in [0.05, 0.1) is 12.1 Å². The van der Waals surface area contributed by atoms with E-state index in [0.717, 1.165) is 16.9 Å². The van der Waals surface area contributed by atoms with E-state index in [1.807, 2.05) is 25.1 Å². The van der Waals surface area contributed by atoms with Gasteiger partial charge < -0.3 is 20.2 Å². The van der Waals surface area contributed by atoms with Crippen molar-refractivity contribution in [1.29, 1.82) is 0 Å². The first-order chi connectivity index (χ1) is 9.95. The summed E-state index contributed by atoms with van der Waals surface area (Å²) in [5.74, 6) is -0.630. The average Bonchev–Trinajstić information content (AvgIpc) is 2.88. The van der Waals surface area contributed by atoms with E-state index >= 15 is 0 Å². The molecule has 1 aromatic heterocycles. The van der Waals surface area contributed by atoms with Crippen LogP contribution in [0.2, 0.25) is 0 Å². The van der Waals surface area contributed by atoms with Crippen molar-refractivity contribution in [3.05, 3.63) is 47.4 Å². The van der Waals surface area contributed by atoms with Gasteiger partial charge in [-0.05, 0) is 30.7 Å². The summed E-state index contributed by atoms with van der Waals surface area (Å²) >= 11 is 0. The third-order valence-corrected chi connectivity index (χ3v) is 2.92. The van der Waals surface area contributed by atoms with Crippen molar-refractivity contribution in [3.63, 3.8) is 0 Å². The first-order valence-electron chi connectivity index (χ1n) is 6.38. The third kappa shape index (κ3) is 3.85. The number of amides is 1. The molecule has 1 heterocycles. The maximum atomic E-state index is 11.1. The average molecular weight is 288 g/mol. The number of carboxylic acid groups (broad SMARTS) is 1. The van der Waals surface area contributed by atoms with Gasteiger partial charge >= 0.3 is 5.97 Å². The number of furan rings is 1. The van der Waals surface area contributed by atoms with Gasteiger partial charge in [-0.2, -0.15) is 0 Å². The van der Waals surface area contributed by atoms with Crippen molar-refractivity contribution in [2.45, 2.75) is 20.4 Å². The molecule has 6 heteroatoms. The SMILES string of the molecule is CC(=O)Nc1cc(NCc2cc(C(=O)O)co2)ccc1C. The van der Waals surface area contributed by atoms with Crippen LogP contribution in [0.5, 0.6) is 0 Å². The van der Waals surface area contributed by atoms with Crippen LogP contribution in [-0.4, -0.2) is 17.0 Å². The summed E-state index contributed by atoms with van der Waals surface area (Å²) in [6.45, 7) is 3.71. The van der Waals surface area contributed by atoms with E-state index in [1.54, 1.807) is 0 Å². The van der Waals surface area contributed by atoms with E-state index in [4.69, 9.17) is 9.52 Å². The van der Waals surface area contributed by atoms with Crippen molar-refractivity contribution < 1.29 is 19.1 Å². The van der Waals surface area contributed by atoms with Gasteiger partial charge in [0.1, 0.15) is 12.0 Å². The Bertz CT molecular complexity index is 676. The lowest BCUT2D eigenvalue weighted by Crippen LogP contribution is -2.08. The summed E-state index contributed by atoms with van der Waals surface area (Å²) in [4.78, 5) is 21.9. The van der Waals surface area contributed by atoms with Crippen molar-refractivity contribution in [2.75, 3.05) is 10.6 Å². The van der Waals surface area contributed by atoms with Gasteiger partial charge in [-0.3, -0.25) is 4.79 Å². The summed E-state index contributed by atoms with van der Waals surface area (Å²) in [5.41, 5.74) is 2.62. The van der Waals surface area contributed by atoms with Gasteiger partial charge in [0.15, 0.2) is 0 Å². The summed E-state index contributed by atoms with van der Waals surface area (Å²) in [6, 6.07) is 7.05. The summed E-state index contributed by atoms with van der Waals surface area (Å²) in [6.07, 6.45) is 1.21. The quantitative estimate of drug-likeness (QED) is 0.787. The van der Waals surface area contributed by atoms with Crippen molar-refractivity contribution in [2.24, 2.45) is 0 Å². The van der Waals surface area contributed by atoms with Gasteiger partial charge in [0.25, 0.3) is 0 Å². The van der Waals surface area contributed by atoms with Crippen LogP contribution >= 0.6 is 0 Å². The molecule has 0 saturated heterocycles. The summed E-state index contributed by atoms with van der Waals surface area (Å²) < 4.78 is 5.15. The van der Waals surface area contributed by atoms with E-state index in [0.29, 0.717) is 12.3 Å². The van der Waals surface area contributed by atoms with Crippen LogP contribution in [0.15, 0.2) is 34.9 Å². The zero-order valence-electron chi connectivity index (χ0n) is 11.8. The molecule has 6 nitrogen and oxygen atoms in total. The lowest BCUT2D eigenvalue weighted by Gasteiger charge is -2.10. The molecule has 0 saturated carbocycles. The first kappa shape index (κ1) is 14.6. The predicted octanol–water partition coefficient (Wildman–Crippen LogP) is 2.86. The maximum absolute atomic E-state index is 11.1. The van der Waals surface area contributed by atoms with Gasteiger partial charge in [-0.1, -0.05) is 6.07 Å². The van der Waals surface area contributed by atoms with E-state index < -0.39 is 5.97 Å². The predicted molar refractivity (Wildman–Crippen MR) is 78.5 cm³/mol. The zero-order valence-corrected chi connectivity index (χ0v) is 11.8. The Balaban J connectivity index is 2.05. The van der Waals surface area contributed by atoms with Crippen LogP contribution in [-0.2, 0) is 11.3 Å². The third-order valence-electron chi connectivity index (χ3n) is 2.92. The number of nitrogens with one attached hydrogen (secondary N) is 2. The van der Waals surface area contributed by atoms with Crippen molar-refractivity contribution in [3.8, 4) is 0 Å². The number of carboxylic acids is 1. The molecule has 0 aliphatic heterocycles. The molecule has 0 fully saturated rings. The molecule has 110 valence electrons. The molecule has 2 rings (SSSR count). The van der Waals surface area contributed by atoms with Crippen LogP contribution in [0.25, 0.3) is 0 Å². The molecular weight excluding hydrogens is 272 g/mol. The molecule has 0 bridgehead atoms. The van der Waals surface area contributed by atoms with E-state index in [2.05, 4.69) is 10.6 Å². The Morgan fingerprint density at radius 3 is 2.67 bits per heavy atom. The van der Waals surface area contributed by atoms with E-state index in [-0.39, 0.29) is 11.5 Å². The molecule has 0 atom stereocenters. The zero-order chi connectivity index (χ0) is 15.4. The number of aryl methyl sites for hydroxylation is 1. The van der Waals surface area contributed by atoms with Crippen LogP contribution in [0, 0.1) is 6.92 Å². The molecule has 21 heavy (non-hydrogen) atoms. The molecule has 0 aliphatic carbocycles. The number of hydrogen-bond acceptors (Lipinski definition) is 4. The number of anilines is 2. The minimum Gasteiger partial charge on any atom is -0.478 e. The lowest BCUT2D eigenvalue weighted by molar-refractivity contribution is -0.114. The summed E-state index contributed by atoms with van der Waals surface area (Å²) in [5, 5.41) is 14.7. The fraction of sp³-hybridized carbons (Fsp3) is 0.200. The standard InChI is InChI=1S/C15H16N2O4/c1-9-3-4-12(6-14(9)17-10(2)18)16-7-13-5-11(8-21-13)15(19)20/h3-6,8,16H,7H2,1-2H3,(H,17,18)(H,19,20). The van der Waals surface area contributed by atoms with Gasteiger partial charge in [0, 0.05) is 18.3 Å². The van der Waals surface area contributed by atoms with E-state index in [1.165, 1.54) is 19.3 Å². The Morgan fingerprint density at radius 2 is 2.05 bits per heavy atom. The monoisotopic (exact) mass is 288 g/mol. The number of benzene rings is 1. The van der Waals surface area contributed by atoms with E-state index in [9.17, 15) is 9.59 Å². The second-order valence-electron chi connectivity index (χ2n) is 4.67. The number of rotatable bonds is 5. The molecule has 0 aliphatic rings. The number of aromatic carboxylic acids is 1. The fourth-order valence-corrected chi connectivity index (χ4v) is 1.83. The van der Waals surface area contributed by atoms with Crippen molar-refractivity contribution in [1.82, 2.24) is 0 Å². The molecule has 3 N–H and O–H groups in total. The highest BCUT2D eigenvalue weighted by Gasteiger charge is 2.08. The maximum Gasteiger partial charge on any atom is 0.338 e. The largest absolute Gasteiger partial charge is 0.478 e.